The number of carbonyl (C=O) groups excluding carboxylic acids is 1. The summed E-state index contributed by atoms with van der Waals surface area (Å²) >= 11 is 0. The number of amides is 1. The van der Waals surface area contributed by atoms with E-state index in [9.17, 15) is 4.79 Å². The SMILES string of the molecule is CC(NC(=O)C1(N)CCOC1)c1ccc(C(C)(C)C)cc1. The first kappa shape index (κ1) is 16.0. The standard InChI is InChI=1S/C17H26N2O2/c1-12(19-15(20)17(18)9-10-21-11-17)13-5-7-14(8-6-13)16(2,3)4/h5-8,12H,9-11,18H2,1-4H3,(H,19,20). The van der Waals surface area contributed by atoms with E-state index in [1.807, 2.05) is 6.92 Å². The van der Waals surface area contributed by atoms with E-state index < -0.39 is 5.54 Å². The maximum Gasteiger partial charge on any atom is 0.243 e. The molecule has 1 amide bonds. The van der Waals surface area contributed by atoms with Gasteiger partial charge in [0.2, 0.25) is 5.91 Å². The zero-order valence-corrected chi connectivity index (χ0v) is 13.4. The van der Waals surface area contributed by atoms with Crippen molar-refractivity contribution in [3.8, 4) is 0 Å². The molecule has 0 aromatic heterocycles. The Morgan fingerprint density at radius 3 is 2.43 bits per heavy atom. The second-order valence-corrected chi connectivity index (χ2v) is 7.03. The number of ether oxygens (including phenoxy) is 1. The molecule has 116 valence electrons. The molecule has 1 heterocycles. The molecule has 3 N–H and O–H groups in total. The minimum absolute atomic E-state index is 0.0625. The van der Waals surface area contributed by atoms with Gasteiger partial charge in [0.05, 0.1) is 12.6 Å². The summed E-state index contributed by atoms with van der Waals surface area (Å²) in [7, 11) is 0. The molecule has 2 rings (SSSR count). The fourth-order valence-electron chi connectivity index (χ4n) is 2.46. The molecular weight excluding hydrogens is 264 g/mol. The quantitative estimate of drug-likeness (QED) is 0.897. The summed E-state index contributed by atoms with van der Waals surface area (Å²) in [5.41, 5.74) is 7.69. The summed E-state index contributed by atoms with van der Waals surface area (Å²) < 4.78 is 5.24. The van der Waals surface area contributed by atoms with Crippen molar-refractivity contribution in [2.75, 3.05) is 13.2 Å². The number of hydrogen-bond acceptors (Lipinski definition) is 3. The highest BCUT2D eigenvalue weighted by Crippen LogP contribution is 2.24. The average molecular weight is 290 g/mol. The molecule has 0 aliphatic carbocycles. The van der Waals surface area contributed by atoms with Crippen LogP contribution in [0, 0.1) is 0 Å². The van der Waals surface area contributed by atoms with Gasteiger partial charge in [-0.1, -0.05) is 45.0 Å². The van der Waals surface area contributed by atoms with Crippen molar-refractivity contribution < 1.29 is 9.53 Å². The first-order valence-electron chi connectivity index (χ1n) is 7.50. The van der Waals surface area contributed by atoms with E-state index in [4.69, 9.17) is 10.5 Å². The number of nitrogens with one attached hydrogen (secondary N) is 1. The van der Waals surface area contributed by atoms with Crippen molar-refractivity contribution in [1.82, 2.24) is 5.32 Å². The number of hydrogen-bond donors (Lipinski definition) is 2. The van der Waals surface area contributed by atoms with Crippen LogP contribution in [0.25, 0.3) is 0 Å². The highest BCUT2D eigenvalue weighted by Gasteiger charge is 2.38. The van der Waals surface area contributed by atoms with Crippen molar-refractivity contribution >= 4 is 5.91 Å². The zero-order chi connectivity index (χ0) is 15.7. The third kappa shape index (κ3) is 3.63. The fourth-order valence-corrected chi connectivity index (χ4v) is 2.46. The molecule has 4 nitrogen and oxygen atoms in total. The summed E-state index contributed by atoms with van der Waals surface area (Å²) in [6.07, 6.45) is 0.578. The number of rotatable bonds is 3. The molecule has 1 aliphatic rings. The summed E-state index contributed by atoms with van der Waals surface area (Å²) in [6.45, 7) is 9.39. The van der Waals surface area contributed by atoms with Crippen LogP contribution in [0.3, 0.4) is 0 Å². The molecule has 0 spiro atoms. The van der Waals surface area contributed by atoms with Crippen LogP contribution >= 0.6 is 0 Å². The van der Waals surface area contributed by atoms with Gasteiger partial charge in [-0.15, -0.1) is 0 Å². The smallest absolute Gasteiger partial charge is 0.243 e. The van der Waals surface area contributed by atoms with Gasteiger partial charge >= 0.3 is 0 Å². The topological polar surface area (TPSA) is 64.4 Å². The van der Waals surface area contributed by atoms with Gasteiger partial charge in [-0.2, -0.15) is 0 Å². The Morgan fingerprint density at radius 1 is 1.33 bits per heavy atom. The molecule has 1 saturated heterocycles. The van der Waals surface area contributed by atoms with Gasteiger partial charge in [0, 0.05) is 6.61 Å². The van der Waals surface area contributed by atoms with Gasteiger partial charge in [0.15, 0.2) is 0 Å². The van der Waals surface area contributed by atoms with E-state index in [1.54, 1.807) is 0 Å². The van der Waals surface area contributed by atoms with E-state index in [-0.39, 0.29) is 17.4 Å². The van der Waals surface area contributed by atoms with Gasteiger partial charge in [0.25, 0.3) is 0 Å². The van der Waals surface area contributed by atoms with Crippen LogP contribution in [0.2, 0.25) is 0 Å². The lowest BCUT2D eigenvalue weighted by molar-refractivity contribution is -0.127. The van der Waals surface area contributed by atoms with Crippen molar-refractivity contribution in [3.63, 3.8) is 0 Å². The van der Waals surface area contributed by atoms with Crippen LogP contribution in [0.15, 0.2) is 24.3 Å². The second-order valence-electron chi connectivity index (χ2n) is 7.03. The highest BCUT2D eigenvalue weighted by atomic mass is 16.5. The first-order valence-corrected chi connectivity index (χ1v) is 7.50. The Morgan fingerprint density at radius 2 is 1.95 bits per heavy atom. The fraction of sp³-hybridized carbons (Fsp3) is 0.588. The predicted molar refractivity (Wildman–Crippen MR) is 84.1 cm³/mol. The van der Waals surface area contributed by atoms with Gasteiger partial charge in [-0.25, -0.2) is 0 Å². The van der Waals surface area contributed by atoms with Crippen molar-refractivity contribution in [3.05, 3.63) is 35.4 Å². The Bertz CT molecular complexity index is 497. The lowest BCUT2D eigenvalue weighted by Gasteiger charge is -2.25. The number of nitrogens with two attached hydrogens (primary N) is 1. The molecule has 0 saturated carbocycles. The minimum Gasteiger partial charge on any atom is -0.379 e. The Kier molecular flexibility index (Phi) is 4.40. The molecule has 2 unspecified atom stereocenters. The van der Waals surface area contributed by atoms with E-state index in [1.165, 1.54) is 5.56 Å². The van der Waals surface area contributed by atoms with Crippen molar-refractivity contribution in [2.45, 2.75) is 51.1 Å². The van der Waals surface area contributed by atoms with Gasteiger partial charge in [0.1, 0.15) is 5.54 Å². The highest BCUT2D eigenvalue weighted by molar-refractivity contribution is 5.86. The third-order valence-electron chi connectivity index (χ3n) is 4.13. The summed E-state index contributed by atoms with van der Waals surface area (Å²) in [6, 6.07) is 8.32. The third-order valence-corrected chi connectivity index (χ3v) is 4.13. The summed E-state index contributed by atoms with van der Waals surface area (Å²) in [5, 5.41) is 2.99. The van der Waals surface area contributed by atoms with E-state index >= 15 is 0 Å². The Labute approximate surface area is 127 Å². The monoisotopic (exact) mass is 290 g/mol. The molecule has 2 atom stereocenters. The van der Waals surface area contributed by atoms with E-state index in [0.29, 0.717) is 19.6 Å². The van der Waals surface area contributed by atoms with Gasteiger partial charge in [-0.3, -0.25) is 4.79 Å². The molecule has 1 aromatic carbocycles. The first-order chi connectivity index (χ1) is 9.72. The maximum absolute atomic E-state index is 12.3. The van der Waals surface area contributed by atoms with Gasteiger partial charge in [-0.05, 0) is 29.9 Å². The van der Waals surface area contributed by atoms with Crippen molar-refractivity contribution in [2.24, 2.45) is 5.73 Å². The molecule has 1 aliphatic heterocycles. The molecule has 4 heteroatoms. The molecule has 0 radical (unpaired) electrons. The van der Waals surface area contributed by atoms with Crippen LogP contribution in [0.1, 0.15) is 51.3 Å². The van der Waals surface area contributed by atoms with Crippen LogP contribution in [0.5, 0.6) is 0 Å². The lowest BCUT2D eigenvalue weighted by Crippen LogP contribution is -2.54. The maximum atomic E-state index is 12.3. The minimum atomic E-state index is -0.875. The average Bonchev–Trinajstić information content (AvgIpc) is 2.86. The van der Waals surface area contributed by atoms with E-state index in [0.717, 1.165) is 5.56 Å². The molecule has 0 bridgehead atoms. The summed E-state index contributed by atoms with van der Waals surface area (Å²) in [4.78, 5) is 12.3. The zero-order valence-electron chi connectivity index (χ0n) is 13.4. The lowest BCUT2D eigenvalue weighted by atomic mass is 9.86. The van der Waals surface area contributed by atoms with E-state index in [2.05, 4.69) is 50.4 Å². The normalized spacial score (nSPS) is 23.9. The molecule has 1 fully saturated rings. The Hall–Kier alpha value is -1.39. The van der Waals surface area contributed by atoms with Crippen molar-refractivity contribution in [1.29, 1.82) is 0 Å². The van der Waals surface area contributed by atoms with Gasteiger partial charge < -0.3 is 15.8 Å². The molecular formula is C17H26N2O2. The summed E-state index contributed by atoms with van der Waals surface area (Å²) in [5.74, 6) is -0.132. The number of carbonyl (C=O) groups is 1. The molecule has 1 aromatic rings. The van der Waals surface area contributed by atoms with Crippen LogP contribution in [-0.2, 0) is 14.9 Å². The largest absolute Gasteiger partial charge is 0.379 e. The number of benzene rings is 1. The van der Waals surface area contributed by atoms with Crippen LogP contribution in [-0.4, -0.2) is 24.7 Å². The predicted octanol–water partition coefficient (Wildman–Crippen LogP) is 2.28. The van der Waals surface area contributed by atoms with Crippen LogP contribution in [0.4, 0.5) is 0 Å². The Balaban J connectivity index is 2.03. The molecule has 21 heavy (non-hydrogen) atoms. The van der Waals surface area contributed by atoms with Crippen LogP contribution < -0.4 is 11.1 Å². The second kappa shape index (κ2) is 5.78.